The number of alkyl halides is 3. The molecule has 0 fully saturated rings. The normalized spacial score (nSPS) is 11.2. The Morgan fingerprint density at radius 1 is 1.35 bits per heavy atom. The van der Waals surface area contributed by atoms with Crippen LogP contribution in [-0.2, 0) is 12.7 Å². The second-order valence-corrected chi connectivity index (χ2v) is 3.95. The molecule has 0 N–H and O–H groups in total. The Morgan fingerprint density at radius 3 is 2.65 bits per heavy atom. The first-order valence-corrected chi connectivity index (χ1v) is 5.75. The molecule has 0 spiro atoms. The number of nitrogens with zero attached hydrogens (tertiary/aromatic N) is 3. The maximum absolute atomic E-state index is 12.8. The molecule has 0 saturated carbocycles. The van der Waals surface area contributed by atoms with E-state index in [0.29, 0.717) is 12.3 Å². The molecule has 0 atom stereocenters. The molecule has 0 amide bonds. The van der Waals surface area contributed by atoms with Crippen LogP contribution in [-0.4, -0.2) is 9.78 Å². The molecule has 1 heterocycles. The molecule has 0 unspecified atom stereocenters. The van der Waals surface area contributed by atoms with Crippen molar-refractivity contribution in [3.8, 4) is 17.6 Å². The van der Waals surface area contributed by atoms with Gasteiger partial charge in [0, 0.05) is 6.54 Å². The van der Waals surface area contributed by atoms with Crippen LogP contribution in [0.1, 0.15) is 18.1 Å². The van der Waals surface area contributed by atoms with Gasteiger partial charge >= 0.3 is 6.18 Å². The van der Waals surface area contributed by atoms with Crippen LogP contribution in [0.25, 0.3) is 0 Å². The molecule has 2 aromatic rings. The smallest absolute Gasteiger partial charge is 0.417 e. The molecular weight excluding hydrogens is 271 g/mol. The first-order valence-electron chi connectivity index (χ1n) is 5.75. The van der Waals surface area contributed by atoms with Gasteiger partial charge in [-0.1, -0.05) is 0 Å². The minimum Gasteiger partial charge on any atom is -0.454 e. The minimum atomic E-state index is -4.60. The Labute approximate surface area is 113 Å². The quantitative estimate of drug-likeness (QED) is 0.864. The molecule has 0 aliphatic heterocycles. The van der Waals surface area contributed by atoms with Crippen molar-refractivity contribution in [2.75, 3.05) is 0 Å². The fraction of sp³-hybridized carbons (Fsp3) is 0.231. The first-order chi connectivity index (χ1) is 9.44. The molecule has 1 aromatic heterocycles. The van der Waals surface area contributed by atoms with Crippen molar-refractivity contribution in [3.05, 3.63) is 41.7 Å². The van der Waals surface area contributed by atoms with Gasteiger partial charge in [0.05, 0.1) is 29.6 Å². The van der Waals surface area contributed by atoms with Crippen molar-refractivity contribution in [1.29, 1.82) is 5.26 Å². The van der Waals surface area contributed by atoms with Crippen molar-refractivity contribution >= 4 is 0 Å². The molecule has 20 heavy (non-hydrogen) atoms. The summed E-state index contributed by atoms with van der Waals surface area (Å²) < 4.78 is 45.3. The van der Waals surface area contributed by atoms with Crippen LogP contribution in [0, 0.1) is 11.3 Å². The highest BCUT2D eigenvalue weighted by Crippen LogP contribution is 2.35. The van der Waals surface area contributed by atoms with Crippen molar-refractivity contribution in [1.82, 2.24) is 9.78 Å². The molecular formula is C13H10F3N3O. The van der Waals surface area contributed by atoms with E-state index in [2.05, 4.69) is 5.10 Å². The summed E-state index contributed by atoms with van der Waals surface area (Å²) >= 11 is 0. The number of halogens is 3. The molecule has 4 nitrogen and oxygen atoms in total. The van der Waals surface area contributed by atoms with E-state index >= 15 is 0 Å². The topological polar surface area (TPSA) is 50.8 Å². The highest BCUT2D eigenvalue weighted by molar-refractivity contribution is 5.45. The van der Waals surface area contributed by atoms with Gasteiger partial charge in [-0.3, -0.25) is 4.68 Å². The zero-order valence-electron chi connectivity index (χ0n) is 10.5. The lowest BCUT2D eigenvalue weighted by atomic mass is 10.1. The first kappa shape index (κ1) is 13.9. The van der Waals surface area contributed by atoms with Gasteiger partial charge in [-0.15, -0.1) is 0 Å². The maximum Gasteiger partial charge on any atom is 0.417 e. The van der Waals surface area contributed by atoms with E-state index in [1.165, 1.54) is 18.3 Å². The van der Waals surface area contributed by atoms with Crippen LogP contribution in [0.3, 0.4) is 0 Å². The third kappa shape index (κ3) is 2.91. The summed E-state index contributed by atoms with van der Waals surface area (Å²) in [5.41, 5.74) is -1.45. The van der Waals surface area contributed by atoms with Gasteiger partial charge in [0.1, 0.15) is 5.75 Å². The van der Waals surface area contributed by atoms with E-state index < -0.39 is 17.3 Å². The highest BCUT2D eigenvalue weighted by Gasteiger charge is 2.34. The van der Waals surface area contributed by atoms with Crippen molar-refractivity contribution in [3.63, 3.8) is 0 Å². The summed E-state index contributed by atoms with van der Waals surface area (Å²) in [5.74, 6) is 0.344. The molecule has 0 radical (unpaired) electrons. The van der Waals surface area contributed by atoms with Gasteiger partial charge in [-0.05, 0) is 25.1 Å². The molecule has 104 valence electrons. The number of aryl methyl sites for hydroxylation is 1. The van der Waals surface area contributed by atoms with E-state index in [1.54, 1.807) is 10.9 Å². The average Bonchev–Trinajstić information content (AvgIpc) is 2.85. The summed E-state index contributed by atoms with van der Waals surface area (Å²) in [5, 5.41) is 12.6. The molecule has 0 saturated heterocycles. The van der Waals surface area contributed by atoms with Crippen LogP contribution < -0.4 is 4.74 Å². The van der Waals surface area contributed by atoms with Gasteiger partial charge in [-0.25, -0.2) is 0 Å². The lowest BCUT2D eigenvalue weighted by molar-refractivity contribution is -0.137. The van der Waals surface area contributed by atoms with Gasteiger partial charge < -0.3 is 4.74 Å². The summed E-state index contributed by atoms with van der Waals surface area (Å²) in [6, 6.07) is 4.72. The highest BCUT2D eigenvalue weighted by atomic mass is 19.4. The zero-order chi connectivity index (χ0) is 14.8. The molecule has 0 bridgehead atoms. The number of nitriles is 1. The largest absolute Gasteiger partial charge is 0.454 e. The SMILES string of the molecule is CCn1cc(Oc2ccc(C#N)c(C(F)(F)F)c2)cn1. The van der Waals surface area contributed by atoms with Gasteiger partial charge in [-0.2, -0.15) is 23.5 Å². The van der Waals surface area contributed by atoms with Crippen molar-refractivity contribution in [2.45, 2.75) is 19.6 Å². The second kappa shape index (κ2) is 5.25. The molecule has 1 aromatic carbocycles. The number of rotatable bonds is 3. The van der Waals surface area contributed by atoms with Crippen LogP contribution in [0.2, 0.25) is 0 Å². The van der Waals surface area contributed by atoms with E-state index in [9.17, 15) is 13.2 Å². The van der Waals surface area contributed by atoms with Gasteiger partial charge in [0.15, 0.2) is 5.75 Å². The van der Waals surface area contributed by atoms with E-state index in [0.717, 1.165) is 12.1 Å². The molecule has 7 heteroatoms. The monoisotopic (exact) mass is 281 g/mol. The molecule has 2 rings (SSSR count). The Balaban J connectivity index is 2.32. The van der Waals surface area contributed by atoms with Gasteiger partial charge in [0.25, 0.3) is 0 Å². The van der Waals surface area contributed by atoms with E-state index in [4.69, 9.17) is 10.00 Å². The van der Waals surface area contributed by atoms with Gasteiger partial charge in [0.2, 0.25) is 0 Å². The lowest BCUT2D eigenvalue weighted by Crippen LogP contribution is -2.07. The van der Waals surface area contributed by atoms with Crippen molar-refractivity contribution in [2.24, 2.45) is 0 Å². The number of hydrogen-bond donors (Lipinski definition) is 0. The summed E-state index contributed by atoms with van der Waals surface area (Å²) in [6.45, 7) is 2.50. The number of hydrogen-bond acceptors (Lipinski definition) is 3. The lowest BCUT2D eigenvalue weighted by Gasteiger charge is -2.10. The summed E-state index contributed by atoms with van der Waals surface area (Å²) in [4.78, 5) is 0. The van der Waals surface area contributed by atoms with Crippen LogP contribution in [0.5, 0.6) is 11.5 Å². The number of benzene rings is 1. The number of aromatic nitrogens is 2. The maximum atomic E-state index is 12.8. The third-order valence-electron chi connectivity index (χ3n) is 2.59. The third-order valence-corrected chi connectivity index (χ3v) is 2.59. The number of ether oxygens (including phenoxy) is 1. The predicted octanol–water partition coefficient (Wildman–Crippen LogP) is 3.59. The van der Waals surface area contributed by atoms with Crippen LogP contribution in [0.15, 0.2) is 30.6 Å². The zero-order valence-corrected chi connectivity index (χ0v) is 10.5. The second-order valence-electron chi connectivity index (χ2n) is 3.95. The molecule has 0 aliphatic carbocycles. The summed E-state index contributed by atoms with van der Waals surface area (Å²) in [7, 11) is 0. The van der Waals surface area contributed by atoms with Crippen molar-refractivity contribution < 1.29 is 17.9 Å². The molecule has 0 aliphatic rings. The fourth-order valence-electron chi connectivity index (χ4n) is 1.63. The Morgan fingerprint density at radius 2 is 2.10 bits per heavy atom. The Bertz CT molecular complexity index is 656. The Kier molecular flexibility index (Phi) is 3.66. The van der Waals surface area contributed by atoms with E-state index in [1.807, 2.05) is 6.92 Å². The fourth-order valence-corrected chi connectivity index (χ4v) is 1.63. The minimum absolute atomic E-state index is 0.00646. The van der Waals surface area contributed by atoms with Crippen LogP contribution >= 0.6 is 0 Å². The predicted molar refractivity (Wildman–Crippen MR) is 64.1 cm³/mol. The Hall–Kier alpha value is -2.49. The average molecular weight is 281 g/mol. The van der Waals surface area contributed by atoms with Crippen LogP contribution in [0.4, 0.5) is 13.2 Å². The summed E-state index contributed by atoms with van der Waals surface area (Å²) in [6.07, 6.45) is -1.61. The van der Waals surface area contributed by atoms with E-state index in [-0.39, 0.29) is 5.75 Å². The standard InChI is InChI=1S/C13H10F3N3O/c1-2-19-8-11(7-18-19)20-10-4-3-9(6-17)12(5-10)13(14,15)16/h3-5,7-8H,2H2,1H3.